The number of carbonyl (C=O) groups excluding carboxylic acids is 2. The smallest absolute Gasteiger partial charge is 0.414 e. The van der Waals surface area contributed by atoms with Crippen molar-refractivity contribution in [3.8, 4) is 11.9 Å². The number of nitriles is 1. The molecule has 0 bridgehead atoms. The summed E-state index contributed by atoms with van der Waals surface area (Å²) >= 11 is 0. The van der Waals surface area contributed by atoms with E-state index < -0.39 is 6.09 Å². The summed E-state index contributed by atoms with van der Waals surface area (Å²) in [6, 6.07) is 10.9. The Balaban J connectivity index is 1.41. The molecular weight excluding hydrogens is 526 g/mol. The van der Waals surface area contributed by atoms with Crippen LogP contribution in [0.4, 0.5) is 33.9 Å². The van der Waals surface area contributed by atoms with Crippen LogP contribution in [0.25, 0.3) is 5.82 Å². The molecule has 0 radical (unpaired) electrons. The van der Waals surface area contributed by atoms with Gasteiger partial charge in [-0.05, 0) is 36.1 Å². The van der Waals surface area contributed by atoms with Crippen molar-refractivity contribution < 1.29 is 14.3 Å². The number of nitrogen functional groups attached to an aromatic ring is 1. The number of nitrogens with one attached hydrogen (secondary N) is 1. The average Bonchev–Trinajstić information content (AvgIpc) is 3.14. The molecule has 14 nitrogen and oxygen atoms in total. The Labute approximate surface area is 238 Å². The largest absolute Gasteiger partial charge is 0.449 e. The highest BCUT2D eigenvalue weighted by molar-refractivity contribution is 5.87. The van der Waals surface area contributed by atoms with Gasteiger partial charge in [-0.3, -0.25) is 9.69 Å². The Morgan fingerprint density at radius 2 is 1.85 bits per heavy atom. The van der Waals surface area contributed by atoms with E-state index in [1.165, 1.54) is 15.9 Å². The van der Waals surface area contributed by atoms with Crippen molar-refractivity contribution >= 4 is 41.1 Å². The fraction of sp³-hybridized carbons (Fsp3) is 0.444. The second-order valence-corrected chi connectivity index (χ2v) is 10.8. The molecule has 41 heavy (non-hydrogen) atoms. The van der Waals surface area contributed by atoms with Gasteiger partial charge < -0.3 is 25.6 Å². The molecule has 3 N–H and O–H groups in total. The first-order chi connectivity index (χ1) is 19.5. The molecule has 0 saturated carbocycles. The van der Waals surface area contributed by atoms with E-state index in [1.54, 1.807) is 42.3 Å². The van der Waals surface area contributed by atoms with Crippen LogP contribution in [0.15, 0.2) is 36.7 Å². The second kappa shape index (κ2) is 12.5. The van der Waals surface area contributed by atoms with Crippen molar-refractivity contribution in [2.75, 3.05) is 60.7 Å². The van der Waals surface area contributed by atoms with Crippen LogP contribution in [0.2, 0.25) is 0 Å². The predicted molar refractivity (Wildman–Crippen MR) is 154 cm³/mol. The van der Waals surface area contributed by atoms with Crippen LogP contribution in [0.3, 0.4) is 0 Å². The Bertz CT molecular complexity index is 1410. The zero-order chi connectivity index (χ0) is 29.6. The first-order valence-corrected chi connectivity index (χ1v) is 13.3. The summed E-state index contributed by atoms with van der Waals surface area (Å²) in [5.41, 5.74) is 7.42. The van der Waals surface area contributed by atoms with E-state index in [-0.39, 0.29) is 29.6 Å². The van der Waals surface area contributed by atoms with E-state index in [0.29, 0.717) is 55.8 Å². The lowest BCUT2D eigenvalue weighted by molar-refractivity contribution is -0.129. The van der Waals surface area contributed by atoms with E-state index in [9.17, 15) is 9.59 Å². The second-order valence-electron chi connectivity index (χ2n) is 10.8. The predicted octanol–water partition coefficient (Wildman–Crippen LogP) is 2.95. The van der Waals surface area contributed by atoms with Gasteiger partial charge in [-0.1, -0.05) is 20.8 Å². The van der Waals surface area contributed by atoms with Crippen molar-refractivity contribution in [2.24, 2.45) is 5.41 Å². The normalized spacial score (nSPS) is 13.7. The lowest BCUT2D eigenvalue weighted by atomic mass is 9.99. The van der Waals surface area contributed by atoms with E-state index >= 15 is 0 Å². The number of hydrogen-bond donors (Lipinski definition) is 2. The van der Waals surface area contributed by atoms with Gasteiger partial charge >= 0.3 is 6.09 Å². The van der Waals surface area contributed by atoms with Gasteiger partial charge in [0.1, 0.15) is 18.6 Å². The zero-order valence-corrected chi connectivity index (χ0v) is 23.7. The third kappa shape index (κ3) is 7.59. The first kappa shape index (κ1) is 29.1. The topological polar surface area (TPSA) is 171 Å². The van der Waals surface area contributed by atoms with Gasteiger partial charge in [0.25, 0.3) is 0 Å². The summed E-state index contributed by atoms with van der Waals surface area (Å²) in [6.07, 6.45) is 1.64. The van der Waals surface area contributed by atoms with Gasteiger partial charge in [0.2, 0.25) is 17.8 Å². The molecule has 1 aromatic carbocycles. The SMILES string of the molecule is CN(C(=O)OCC(C)(C)C)c1ccc(Nc2nc(N)n(-c3cc(N4CCCN(C(=O)CC#N)CC4)ncn3)n2)cc1. The maximum atomic E-state index is 12.4. The minimum atomic E-state index is -0.428. The highest BCUT2D eigenvalue weighted by Crippen LogP contribution is 2.23. The Hall–Kier alpha value is -4.93. The fourth-order valence-corrected chi connectivity index (χ4v) is 4.13. The van der Waals surface area contributed by atoms with E-state index in [4.69, 9.17) is 15.7 Å². The molecule has 1 fully saturated rings. The molecule has 4 rings (SSSR count). The first-order valence-electron chi connectivity index (χ1n) is 13.3. The zero-order valence-electron chi connectivity index (χ0n) is 23.7. The molecule has 1 saturated heterocycles. The number of benzene rings is 1. The molecule has 2 aromatic heterocycles. The van der Waals surface area contributed by atoms with Gasteiger partial charge in [-0.25, -0.2) is 14.8 Å². The molecule has 0 aliphatic carbocycles. The molecule has 3 heterocycles. The van der Waals surface area contributed by atoms with Crippen LogP contribution >= 0.6 is 0 Å². The average molecular weight is 562 g/mol. The summed E-state index contributed by atoms with van der Waals surface area (Å²) in [7, 11) is 1.66. The summed E-state index contributed by atoms with van der Waals surface area (Å²) in [6.45, 7) is 8.70. The molecule has 0 unspecified atom stereocenters. The molecule has 1 aliphatic heterocycles. The number of rotatable bonds is 7. The van der Waals surface area contributed by atoms with Crippen molar-refractivity contribution in [3.05, 3.63) is 36.7 Å². The van der Waals surface area contributed by atoms with Crippen molar-refractivity contribution in [2.45, 2.75) is 33.6 Å². The van der Waals surface area contributed by atoms with Crippen molar-refractivity contribution in [3.63, 3.8) is 0 Å². The van der Waals surface area contributed by atoms with Crippen molar-refractivity contribution in [1.82, 2.24) is 29.6 Å². The van der Waals surface area contributed by atoms with Gasteiger partial charge in [0, 0.05) is 50.7 Å². The van der Waals surface area contributed by atoms with E-state index in [1.807, 2.05) is 26.8 Å². The summed E-state index contributed by atoms with van der Waals surface area (Å²) in [5, 5.41) is 16.4. The highest BCUT2D eigenvalue weighted by Gasteiger charge is 2.21. The van der Waals surface area contributed by atoms with Gasteiger partial charge in [0.05, 0.1) is 12.7 Å². The maximum Gasteiger partial charge on any atom is 0.414 e. The number of amides is 2. The van der Waals surface area contributed by atoms with E-state index in [0.717, 1.165) is 6.42 Å². The Kier molecular flexibility index (Phi) is 8.86. The number of ether oxygens (including phenoxy) is 1. The summed E-state index contributed by atoms with van der Waals surface area (Å²) < 4.78 is 6.80. The van der Waals surface area contributed by atoms with Gasteiger partial charge in [0.15, 0.2) is 5.82 Å². The summed E-state index contributed by atoms with van der Waals surface area (Å²) in [4.78, 5) is 42.7. The van der Waals surface area contributed by atoms with Crippen LogP contribution in [-0.2, 0) is 9.53 Å². The quantitative estimate of drug-likeness (QED) is 0.434. The number of carbonyl (C=O) groups is 2. The minimum absolute atomic E-state index is 0.118. The van der Waals surface area contributed by atoms with Crippen LogP contribution in [0.1, 0.15) is 33.6 Å². The lowest BCUT2D eigenvalue weighted by Crippen LogP contribution is -2.35. The van der Waals surface area contributed by atoms with Crippen LogP contribution in [-0.4, -0.2) is 81.5 Å². The number of anilines is 5. The Morgan fingerprint density at radius 3 is 2.56 bits per heavy atom. The van der Waals surface area contributed by atoms with Crippen LogP contribution < -0.4 is 20.9 Å². The maximum absolute atomic E-state index is 12.4. The van der Waals surface area contributed by atoms with Gasteiger partial charge in [-0.15, -0.1) is 5.10 Å². The fourth-order valence-electron chi connectivity index (χ4n) is 4.13. The number of hydrogen-bond acceptors (Lipinski definition) is 11. The molecule has 3 aromatic rings. The van der Waals surface area contributed by atoms with Crippen LogP contribution in [0, 0.1) is 16.7 Å². The highest BCUT2D eigenvalue weighted by atomic mass is 16.6. The number of nitrogens with two attached hydrogens (primary N) is 1. The van der Waals surface area contributed by atoms with E-state index in [2.05, 4.69) is 30.3 Å². The monoisotopic (exact) mass is 561 g/mol. The molecule has 216 valence electrons. The lowest BCUT2D eigenvalue weighted by Gasteiger charge is -2.22. The number of nitrogens with zero attached hydrogens (tertiary/aromatic N) is 9. The molecule has 0 atom stereocenters. The standard InChI is InChI=1S/C27H35N11O3/c1-27(2,3)17-41-26(40)35(4)20-8-6-19(7-9-20)32-25-33-24(29)38(34-25)22-16-21(30-18-31-22)36-12-5-13-37(15-14-36)23(39)10-11-28/h6-9,16,18H,5,10,12-15,17H2,1-4H3,(H3,29,32,33,34). The van der Waals surface area contributed by atoms with Gasteiger partial charge in [-0.2, -0.15) is 14.9 Å². The molecule has 2 amide bonds. The van der Waals surface area contributed by atoms with Crippen LogP contribution in [0.5, 0.6) is 0 Å². The number of aromatic nitrogens is 5. The molecule has 1 aliphatic rings. The third-order valence-electron chi connectivity index (χ3n) is 6.30. The molecule has 0 spiro atoms. The summed E-state index contributed by atoms with van der Waals surface area (Å²) in [5.74, 6) is 1.37. The minimum Gasteiger partial charge on any atom is -0.449 e. The Morgan fingerprint density at radius 1 is 1.12 bits per heavy atom. The molecule has 14 heteroatoms. The molecular formula is C27H35N11O3. The van der Waals surface area contributed by atoms with Crippen molar-refractivity contribution in [1.29, 1.82) is 5.26 Å². The third-order valence-corrected chi connectivity index (χ3v) is 6.30.